The van der Waals surface area contributed by atoms with Gasteiger partial charge in [0.2, 0.25) is 11.6 Å². The number of aromatic hydroxyl groups is 3. The van der Waals surface area contributed by atoms with Gasteiger partial charge in [0.05, 0.1) is 10.5 Å². The normalized spacial score (nSPS) is 10.8. The summed E-state index contributed by atoms with van der Waals surface area (Å²) in [5, 5.41) is 43.4. The molecule has 3 rings (SSSR count). The highest BCUT2D eigenvalue weighted by atomic mass is 79.9. The molecule has 2 aromatic carbocycles. The van der Waals surface area contributed by atoms with Gasteiger partial charge in [-0.2, -0.15) is 4.98 Å². The lowest BCUT2D eigenvalue weighted by Crippen LogP contribution is -1.93. The zero-order valence-electron chi connectivity index (χ0n) is 12.0. The number of aromatic nitrogens is 2. The number of benzene rings is 2. The van der Waals surface area contributed by atoms with Gasteiger partial charge in [0.15, 0.2) is 17.3 Å². The van der Waals surface area contributed by atoms with Crippen molar-refractivity contribution < 1.29 is 29.2 Å². The Balaban J connectivity index is 2.11. The molecule has 1 heterocycles. The smallest absolute Gasteiger partial charge is 0.329 e. The zero-order valence-corrected chi connectivity index (χ0v) is 13.6. The molecule has 0 spiro atoms. The summed E-state index contributed by atoms with van der Waals surface area (Å²) in [6.07, 6.45) is 0. The Hall–Kier alpha value is -3.21. The Morgan fingerprint density at radius 3 is 2.56 bits per heavy atom. The van der Waals surface area contributed by atoms with Crippen molar-refractivity contribution in [2.24, 2.45) is 0 Å². The highest BCUT2D eigenvalue weighted by Crippen LogP contribution is 2.46. The van der Waals surface area contributed by atoms with Crippen LogP contribution in [-0.2, 0) is 0 Å². The Morgan fingerprint density at radius 1 is 1.20 bits per heavy atom. The fourth-order valence-electron chi connectivity index (χ4n) is 2.05. The van der Waals surface area contributed by atoms with Crippen molar-refractivity contribution in [3.8, 4) is 40.1 Å². The summed E-state index contributed by atoms with van der Waals surface area (Å²) in [5.41, 5.74) is -0.566. The molecular weight excluding hydrogens is 405 g/mol. The van der Waals surface area contributed by atoms with E-state index in [9.17, 15) is 29.8 Å². The van der Waals surface area contributed by atoms with Gasteiger partial charge in [0.25, 0.3) is 5.89 Å². The van der Waals surface area contributed by atoms with Crippen LogP contribution in [0.4, 0.5) is 10.1 Å². The molecule has 0 aliphatic carbocycles. The van der Waals surface area contributed by atoms with E-state index in [1.54, 1.807) is 0 Å². The number of nitro groups is 1. The quantitative estimate of drug-likeness (QED) is 0.338. The number of phenols is 3. The lowest BCUT2D eigenvalue weighted by molar-refractivity contribution is -0.386. The fraction of sp³-hybridized carbons (Fsp3) is 0. The van der Waals surface area contributed by atoms with Crippen molar-refractivity contribution >= 4 is 21.6 Å². The van der Waals surface area contributed by atoms with Crippen molar-refractivity contribution in [2.75, 3.05) is 0 Å². The van der Waals surface area contributed by atoms with E-state index in [4.69, 9.17) is 4.52 Å². The molecule has 0 bridgehead atoms. The van der Waals surface area contributed by atoms with Crippen molar-refractivity contribution in [3.63, 3.8) is 0 Å². The molecule has 0 saturated heterocycles. The zero-order chi connectivity index (χ0) is 18.3. The Bertz CT molecular complexity index is 1010. The number of rotatable bonds is 3. The van der Waals surface area contributed by atoms with E-state index in [1.165, 1.54) is 6.07 Å². The third-order valence-corrected chi connectivity index (χ3v) is 4.04. The molecule has 0 fully saturated rings. The summed E-state index contributed by atoms with van der Waals surface area (Å²) in [6.45, 7) is 0. The molecule has 11 heteroatoms. The summed E-state index contributed by atoms with van der Waals surface area (Å²) in [7, 11) is 0. The fourth-order valence-corrected chi connectivity index (χ4v) is 2.66. The molecule has 0 saturated carbocycles. The van der Waals surface area contributed by atoms with Gasteiger partial charge >= 0.3 is 5.69 Å². The first-order valence-electron chi connectivity index (χ1n) is 6.51. The monoisotopic (exact) mass is 411 g/mol. The van der Waals surface area contributed by atoms with Crippen molar-refractivity contribution in [3.05, 3.63) is 44.7 Å². The van der Waals surface area contributed by atoms with E-state index >= 15 is 0 Å². The van der Waals surface area contributed by atoms with Crippen molar-refractivity contribution in [1.82, 2.24) is 10.1 Å². The number of phenolic OH excluding ortho intramolecular Hbond substituents is 3. The molecule has 0 atom stereocenters. The number of halogens is 2. The maximum Gasteiger partial charge on any atom is 0.329 e. The molecule has 0 aliphatic heterocycles. The molecule has 0 unspecified atom stereocenters. The third-order valence-electron chi connectivity index (χ3n) is 3.24. The van der Waals surface area contributed by atoms with Crippen LogP contribution in [0.5, 0.6) is 17.2 Å². The van der Waals surface area contributed by atoms with E-state index in [0.29, 0.717) is 0 Å². The first-order chi connectivity index (χ1) is 11.8. The summed E-state index contributed by atoms with van der Waals surface area (Å²) >= 11 is 2.96. The van der Waals surface area contributed by atoms with Gasteiger partial charge in [-0.05, 0) is 40.2 Å². The second kappa shape index (κ2) is 6.02. The summed E-state index contributed by atoms with van der Waals surface area (Å²) < 4.78 is 17.9. The van der Waals surface area contributed by atoms with Crippen LogP contribution in [-0.4, -0.2) is 30.4 Å². The summed E-state index contributed by atoms with van der Waals surface area (Å²) in [5.74, 6) is -3.32. The Morgan fingerprint density at radius 2 is 1.92 bits per heavy atom. The van der Waals surface area contributed by atoms with E-state index in [1.807, 2.05) is 0 Å². The van der Waals surface area contributed by atoms with E-state index in [-0.39, 0.29) is 27.3 Å². The largest absolute Gasteiger partial charge is 0.505 e. The van der Waals surface area contributed by atoms with Gasteiger partial charge in [0.1, 0.15) is 4.47 Å². The number of nitrogens with zero attached hydrogens (tertiary/aromatic N) is 3. The van der Waals surface area contributed by atoms with Gasteiger partial charge in [0, 0.05) is 5.56 Å². The predicted molar refractivity (Wildman–Crippen MR) is 84.5 cm³/mol. The molecule has 9 nitrogen and oxygen atoms in total. The van der Waals surface area contributed by atoms with Gasteiger partial charge in [-0.25, -0.2) is 4.39 Å². The average molecular weight is 412 g/mol. The third kappa shape index (κ3) is 2.85. The minimum absolute atomic E-state index is 0.0209. The van der Waals surface area contributed by atoms with E-state index in [2.05, 4.69) is 26.1 Å². The SMILES string of the molecule is O=[N+]([O-])c1c(O)c(O)cc(-c2nc(-c3ccc(F)c(O)c3)no2)c1Br. The number of hydrogen-bond acceptors (Lipinski definition) is 8. The van der Waals surface area contributed by atoms with Gasteiger partial charge in [-0.1, -0.05) is 5.16 Å². The molecule has 128 valence electrons. The van der Waals surface area contributed by atoms with Crippen molar-refractivity contribution in [2.45, 2.75) is 0 Å². The topological polar surface area (TPSA) is 143 Å². The molecule has 0 aliphatic rings. The first kappa shape index (κ1) is 16.6. The molecule has 0 radical (unpaired) electrons. The van der Waals surface area contributed by atoms with Gasteiger partial charge in [-0.3, -0.25) is 10.1 Å². The maximum absolute atomic E-state index is 13.1. The van der Waals surface area contributed by atoms with Crippen LogP contribution >= 0.6 is 15.9 Å². The average Bonchev–Trinajstić information content (AvgIpc) is 3.03. The van der Waals surface area contributed by atoms with Crippen LogP contribution in [0.15, 0.2) is 33.3 Å². The molecule has 3 N–H and O–H groups in total. The minimum atomic E-state index is -0.913. The van der Waals surface area contributed by atoms with E-state index in [0.717, 1.165) is 18.2 Å². The predicted octanol–water partition coefficient (Wildman–Crippen LogP) is 3.33. The summed E-state index contributed by atoms with van der Waals surface area (Å²) in [6, 6.07) is 4.39. The van der Waals surface area contributed by atoms with Crippen LogP contribution in [0.25, 0.3) is 22.8 Å². The minimum Gasteiger partial charge on any atom is -0.505 e. The maximum atomic E-state index is 13.1. The van der Waals surface area contributed by atoms with E-state index < -0.39 is 33.7 Å². The second-order valence-corrected chi connectivity index (χ2v) is 5.59. The molecule has 25 heavy (non-hydrogen) atoms. The first-order valence-corrected chi connectivity index (χ1v) is 7.30. The Kier molecular flexibility index (Phi) is 4.00. The lowest BCUT2D eigenvalue weighted by atomic mass is 10.1. The summed E-state index contributed by atoms with van der Waals surface area (Å²) in [4.78, 5) is 14.2. The van der Waals surface area contributed by atoms with Crippen molar-refractivity contribution in [1.29, 1.82) is 0 Å². The van der Waals surface area contributed by atoms with Crippen LogP contribution < -0.4 is 0 Å². The van der Waals surface area contributed by atoms with Gasteiger partial charge < -0.3 is 19.8 Å². The molecule has 0 amide bonds. The van der Waals surface area contributed by atoms with Gasteiger partial charge in [-0.15, -0.1) is 0 Å². The van der Waals surface area contributed by atoms with Crippen LogP contribution in [0, 0.1) is 15.9 Å². The lowest BCUT2D eigenvalue weighted by Gasteiger charge is -2.04. The molecular formula is C14H7BrFN3O6. The Labute approximate surface area is 146 Å². The van der Waals surface area contributed by atoms with Crippen LogP contribution in [0.2, 0.25) is 0 Å². The molecule has 3 aromatic rings. The standard InChI is InChI=1S/C14H7BrFN3O6/c15-10-6(4-9(21)12(22)11(10)19(23)24)14-17-13(18-25-14)5-1-2-7(16)8(20)3-5/h1-4,20-22H. The van der Waals surface area contributed by atoms with Crippen LogP contribution in [0.1, 0.15) is 0 Å². The number of hydrogen-bond donors (Lipinski definition) is 3. The number of nitro benzene ring substituents is 1. The highest BCUT2D eigenvalue weighted by Gasteiger charge is 2.28. The second-order valence-electron chi connectivity index (χ2n) is 4.80. The molecule has 1 aromatic heterocycles. The van der Waals surface area contributed by atoms with Crippen LogP contribution in [0.3, 0.4) is 0 Å². The highest BCUT2D eigenvalue weighted by molar-refractivity contribution is 9.10.